The smallest absolute Gasteiger partial charge is 0.356 e. The zero-order valence-electron chi connectivity index (χ0n) is 26.8. The second-order valence-electron chi connectivity index (χ2n) is 11.6. The van der Waals surface area contributed by atoms with Gasteiger partial charge in [0, 0.05) is 36.7 Å². The molecule has 3 atom stereocenters. The first kappa shape index (κ1) is 35.3. The monoisotopic (exact) mass is 753 g/mol. The Kier molecular flexibility index (Phi) is 11.2. The maximum absolute atomic E-state index is 14.6. The quantitative estimate of drug-likeness (QED) is 0.117. The minimum Gasteiger partial charge on any atom is -0.448 e. The van der Waals surface area contributed by atoms with Gasteiger partial charge in [-0.1, -0.05) is 95.2 Å². The number of thioether (sulfide) groups is 2. The number of carbonyl (C=O) groups excluding carboxylic acids is 3. The lowest BCUT2D eigenvalue weighted by Gasteiger charge is -2.51. The van der Waals surface area contributed by atoms with Gasteiger partial charge >= 0.3 is 5.97 Å². The van der Waals surface area contributed by atoms with Gasteiger partial charge in [-0.3, -0.25) is 14.5 Å². The van der Waals surface area contributed by atoms with Crippen LogP contribution >= 0.6 is 58.1 Å². The van der Waals surface area contributed by atoms with Crippen LogP contribution in [0.3, 0.4) is 0 Å². The molecule has 14 heteroatoms. The van der Waals surface area contributed by atoms with E-state index in [-0.39, 0.29) is 17.5 Å². The normalized spacial score (nSPS) is 18.7. The van der Waals surface area contributed by atoms with Crippen LogP contribution in [-0.2, 0) is 19.1 Å². The van der Waals surface area contributed by atoms with Gasteiger partial charge in [-0.15, -0.1) is 23.5 Å². The van der Waals surface area contributed by atoms with Crippen molar-refractivity contribution in [1.29, 1.82) is 0 Å². The van der Waals surface area contributed by atoms with E-state index in [1.807, 2.05) is 74.8 Å². The molecular formula is C35H33Cl2N5O4S3. The molecule has 3 unspecified atom stereocenters. The van der Waals surface area contributed by atoms with Crippen LogP contribution in [0.15, 0.2) is 95.7 Å². The van der Waals surface area contributed by atoms with Crippen molar-refractivity contribution in [3.05, 3.63) is 117 Å². The maximum atomic E-state index is 14.6. The van der Waals surface area contributed by atoms with Crippen molar-refractivity contribution < 1.29 is 19.1 Å². The summed E-state index contributed by atoms with van der Waals surface area (Å²) in [6.45, 7) is 2.88. The molecule has 3 aromatic carbocycles. The number of rotatable bonds is 12. The summed E-state index contributed by atoms with van der Waals surface area (Å²) >= 11 is 16.5. The standard InChI is InChI=1S/C35H33Cl2N5O4S3/c1-20(43)40-31-27(26-19-39-35(48-26)38-16-17-41(2)3)28(34(45)46-29(21-10-6-4-7-11-21)22-12-8-5-9-13-22)42-32(44)30(33(42)49-31)47-23-14-15-24(36)25(37)18-23/h4-15,18-19,29-31,33H,16-17H2,1-3H3,(H,38,39)(H,40,43). The highest BCUT2D eigenvalue weighted by molar-refractivity contribution is 8.05. The van der Waals surface area contributed by atoms with E-state index < -0.39 is 28.1 Å². The number of fused-ring (bicyclic) bond motifs is 1. The Balaban J connectivity index is 1.42. The van der Waals surface area contributed by atoms with Gasteiger partial charge in [0.1, 0.15) is 21.7 Å². The fraction of sp³-hybridized carbons (Fsp3) is 0.257. The molecule has 0 saturated carbocycles. The van der Waals surface area contributed by atoms with Crippen molar-refractivity contribution in [3.63, 3.8) is 0 Å². The molecule has 4 aromatic rings. The van der Waals surface area contributed by atoms with Gasteiger partial charge in [-0.05, 0) is 43.4 Å². The Morgan fingerprint density at radius 3 is 2.31 bits per heavy atom. The average Bonchev–Trinajstić information content (AvgIpc) is 3.55. The number of hydrogen-bond donors (Lipinski definition) is 2. The molecule has 2 N–H and O–H groups in total. The summed E-state index contributed by atoms with van der Waals surface area (Å²) in [5.74, 6) is -1.23. The van der Waals surface area contributed by atoms with E-state index in [4.69, 9.17) is 27.9 Å². The third kappa shape index (κ3) is 7.95. The number of nitrogens with zero attached hydrogens (tertiary/aromatic N) is 3. The summed E-state index contributed by atoms with van der Waals surface area (Å²) in [5.41, 5.74) is 2.10. The van der Waals surface area contributed by atoms with Gasteiger partial charge in [0.05, 0.1) is 14.9 Å². The van der Waals surface area contributed by atoms with Gasteiger partial charge in [0.25, 0.3) is 0 Å². The fourth-order valence-electron chi connectivity index (χ4n) is 5.43. The second-order valence-corrected chi connectivity index (χ2v) is 15.8. The summed E-state index contributed by atoms with van der Waals surface area (Å²) in [6.07, 6.45) is 0.914. The van der Waals surface area contributed by atoms with Crippen LogP contribution in [0.4, 0.5) is 5.13 Å². The van der Waals surface area contributed by atoms with Gasteiger partial charge in [-0.25, -0.2) is 9.78 Å². The average molecular weight is 755 g/mol. The Morgan fingerprint density at radius 1 is 1.02 bits per heavy atom. The number of anilines is 1. The molecule has 9 nitrogen and oxygen atoms in total. The van der Waals surface area contributed by atoms with Crippen LogP contribution in [0.5, 0.6) is 0 Å². The first-order chi connectivity index (χ1) is 23.6. The number of likely N-dealkylation sites (N-methyl/N-ethyl adjacent to an activating group) is 1. The van der Waals surface area contributed by atoms with E-state index in [1.54, 1.807) is 24.4 Å². The number of halogens is 2. The summed E-state index contributed by atoms with van der Waals surface area (Å²) in [5, 5.41) is 6.06. The molecule has 1 aromatic heterocycles. The Bertz CT molecular complexity index is 1840. The molecule has 49 heavy (non-hydrogen) atoms. The predicted octanol–water partition coefficient (Wildman–Crippen LogP) is 7.01. The van der Waals surface area contributed by atoms with Crippen LogP contribution < -0.4 is 10.6 Å². The van der Waals surface area contributed by atoms with Crippen LogP contribution in [-0.4, -0.2) is 75.8 Å². The topological polar surface area (TPSA) is 104 Å². The number of nitrogens with one attached hydrogen (secondary N) is 2. The number of hydrogen-bond acceptors (Lipinski definition) is 10. The van der Waals surface area contributed by atoms with E-state index in [0.717, 1.165) is 22.6 Å². The highest BCUT2D eigenvalue weighted by atomic mass is 35.5. The van der Waals surface area contributed by atoms with E-state index in [2.05, 4.69) is 20.5 Å². The molecule has 2 aliphatic heterocycles. The Hall–Kier alpha value is -3.52. The molecule has 1 saturated heterocycles. The molecule has 2 aliphatic rings. The summed E-state index contributed by atoms with van der Waals surface area (Å²) < 4.78 is 6.36. The fourth-order valence-corrected chi connectivity index (χ4v) is 9.70. The van der Waals surface area contributed by atoms with Crippen LogP contribution in [0, 0.1) is 0 Å². The number of ether oxygens (including phenoxy) is 1. The molecule has 3 heterocycles. The molecule has 0 bridgehead atoms. The van der Waals surface area contributed by atoms with Crippen LogP contribution in [0.1, 0.15) is 29.0 Å². The number of amides is 2. The minimum absolute atomic E-state index is 0.0823. The molecule has 2 amide bonds. The van der Waals surface area contributed by atoms with Gasteiger partial charge in [0.2, 0.25) is 11.8 Å². The predicted molar refractivity (Wildman–Crippen MR) is 199 cm³/mol. The zero-order chi connectivity index (χ0) is 34.7. The summed E-state index contributed by atoms with van der Waals surface area (Å²) in [4.78, 5) is 50.9. The number of esters is 1. The van der Waals surface area contributed by atoms with Crippen molar-refractivity contribution in [2.45, 2.75) is 33.9 Å². The SMILES string of the molecule is CC(=O)NC1SC2C(Sc3ccc(Cl)c(Cl)c3)C(=O)N2C(C(=O)OC(c2ccccc2)c2ccccc2)=C1c1cnc(NCCN(C)C)s1. The number of carbonyl (C=O) groups is 3. The summed E-state index contributed by atoms with van der Waals surface area (Å²) in [7, 11) is 3.97. The molecule has 254 valence electrons. The second kappa shape index (κ2) is 15.6. The lowest BCUT2D eigenvalue weighted by Crippen LogP contribution is -2.65. The number of aromatic nitrogens is 1. The molecule has 6 rings (SSSR count). The third-order valence-corrected chi connectivity index (χ3v) is 12.3. The van der Waals surface area contributed by atoms with Crippen molar-refractivity contribution in [1.82, 2.24) is 20.1 Å². The van der Waals surface area contributed by atoms with Gasteiger partial charge in [-0.2, -0.15) is 0 Å². The van der Waals surface area contributed by atoms with E-state index >= 15 is 0 Å². The Morgan fingerprint density at radius 2 is 1.69 bits per heavy atom. The molecule has 0 radical (unpaired) electrons. The van der Waals surface area contributed by atoms with Crippen molar-refractivity contribution >= 4 is 86.6 Å². The van der Waals surface area contributed by atoms with E-state index in [9.17, 15) is 14.4 Å². The van der Waals surface area contributed by atoms with Crippen molar-refractivity contribution in [2.24, 2.45) is 0 Å². The van der Waals surface area contributed by atoms with Crippen molar-refractivity contribution in [3.8, 4) is 0 Å². The largest absolute Gasteiger partial charge is 0.448 e. The highest BCUT2D eigenvalue weighted by Gasteiger charge is 2.57. The number of β-lactam (4-membered cyclic amide) rings is 1. The third-order valence-electron chi connectivity index (χ3n) is 7.75. The highest BCUT2D eigenvalue weighted by Crippen LogP contribution is 2.52. The maximum Gasteiger partial charge on any atom is 0.356 e. The lowest BCUT2D eigenvalue weighted by atomic mass is 10.0. The first-order valence-corrected chi connectivity index (χ1v) is 18.8. The lowest BCUT2D eigenvalue weighted by molar-refractivity contribution is -0.151. The molecule has 1 fully saturated rings. The van der Waals surface area contributed by atoms with Gasteiger partial charge in [0.15, 0.2) is 11.2 Å². The molecular weight excluding hydrogens is 722 g/mol. The van der Waals surface area contributed by atoms with E-state index in [0.29, 0.717) is 32.2 Å². The summed E-state index contributed by atoms with van der Waals surface area (Å²) in [6, 6.07) is 24.1. The molecule has 0 aliphatic carbocycles. The van der Waals surface area contributed by atoms with E-state index in [1.165, 1.54) is 46.7 Å². The van der Waals surface area contributed by atoms with Crippen LogP contribution in [0.25, 0.3) is 5.57 Å². The van der Waals surface area contributed by atoms with Gasteiger partial charge < -0.3 is 20.3 Å². The number of benzene rings is 3. The minimum atomic E-state index is -0.752. The zero-order valence-corrected chi connectivity index (χ0v) is 30.7. The number of thiazole rings is 1. The molecule has 0 spiro atoms. The van der Waals surface area contributed by atoms with Crippen LogP contribution in [0.2, 0.25) is 10.0 Å². The Labute approximate surface area is 307 Å². The van der Waals surface area contributed by atoms with Crippen molar-refractivity contribution in [2.75, 3.05) is 32.5 Å². The first-order valence-electron chi connectivity index (χ1n) is 15.4.